The van der Waals surface area contributed by atoms with E-state index in [2.05, 4.69) is 15.6 Å². The minimum Gasteiger partial charge on any atom is -0.349 e. The molecule has 4 nitrogen and oxygen atoms in total. The zero-order valence-corrected chi connectivity index (χ0v) is 10.1. The maximum atomic E-state index is 12.0. The van der Waals surface area contributed by atoms with Gasteiger partial charge in [0.15, 0.2) is 0 Å². The van der Waals surface area contributed by atoms with Gasteiger partial charge in [-0.15, -0.1) is 0 Å². The number of pyridine rings is 1. The van der Waals surface area contributed by atoms with E-state index >= 15 is 0 Å². The molecule has 1 aliphatic rings. The first-order valence-corrected chi connectivity index (χ1v) is 6.18. The molecule has 0 spiro atoms. The Morgan fingerprint density at radius 3 is 2.94 bits per heavy atom. The predicted molar refractivity (Wildman–Crippen MR) is 66.4 cm³/mol. The number of amides is 1. The molecular weight excluding hydrogens is 214 g/mol. The first-order valence-electron chi connectivity index (χ1n) is 6.18. The Hall–Kier alpha value is -1.42. The van der Waals surface area contributed by atoms with E-state index in [-0.39, 0.29) is 17.9 Å². The van der Waals surface area contributed by atoms with Gasteiger partial charge in [0, 0.05) is 18.9 Å². The third kappa shape index (κ3) is 3.27. The topological polar surface area (TPSA) is 54.0 Å². The SMILES string of the molecule is C[C@H](NC(=O)[C@H]1CCCNC1)c1ccncc1. The second kappa shape index (κ2) is 5.77. The largest absolute Gasteiger partial charge is 0.349 e. The van der Waals surface area contributed by atoms with Gasteiger partial charge < -0.3 is 10.6 Å². The van der Waals surface area contributed by atoms with Gasteiger partial charge in [0.05, 0.1) is 12.0 Å². The van der Waals surface area contributed by atoms with Crippen LogP contribution in [-0.2, 0) is 4.79 Å². The van der Waals surface area contributed by atoms with E-state index in [0.717, 1.165) is 31.5 Å². The van der Waals surface area contributed by atoms with Crippen LogP contribution < -0.4 is 10.6 Å². The average Bonchev–Trinajstić information content (AvgIpc) is 2.40. The van der Waals surface area contributed by atoms with Crippen LogP contribution in [0.3, 0.4) is 0 Å². The van der Waals surface area contributed by atoms with Crippen LogP contribution in [0.1, 0.15) is 31.4 Å². The Morgan fingerprint density at radius 1 is 1.53 bits per heavy atom. The van der Waals surface area contributed by atoms with Gasteiger partial charge in [-0.2, -0.15) is 0 Å². The van der Waals surface area contributed by atoms with E-state index in [1.54, 1.807) is 12.4 Å². The molecular formula is C13H19N3O. The lowest BCUT2D eigenvalue weighted by molar-refractivity contribution is -0.126. The van der Waals surface area contributed by atoms with Gasteiger partial charge in [-0.1, -0.05) is 0 Å². The molecule has 0 saturated carbocycles. The molecule has 17 heavy (non-hydrogen) atoms. The van der Waals surface area contributed by atoms with Crippen LogP contribution in [0.5, 0.6) is 0 Å². The fourth-order valence-electron chi connectivity index (χ4n) is 2.14. The normalized spacial score (nSPS) is 21.8. The highest BCUT2D eigenvalue weighted by Gasteiger charge is 2.22. The molecule has 1 fully saturated rings. The van der Waals surface area contributed by atoms with Crippen molar-refractivity contribution in [2.75, 3.05) is 13.1 Å². The van der Waals surface area contributed by atoms with Crippen molar-refractivity contribution in [3.05, 3.63) is 30.1 Å². The van der Waals surface area contributed by atoms with Crippen molar-refractivity contribution in [1.29, 1.82) is 0 Å². The van der Waals surface area contributed by atoms with E-state index in [4.69, 9.17) is 0 Å². The van der Waals surface area contributed by atoms with E-state index in [1.807, 2.05) is 19.1 Å². The highest BCUT2D eigenvalue weighted by Crippen LogP contribution is 2.14. The highest BCUT2D eigenvalue weighted by molar-refractivity contribution is 5.79. The van der Waals surface area contributed by atoms with Crippen LogP contribution in [0.2, 0.25) is 0 Å². The summed E-state index contributed by atoms with van der Waals surface area (Å²) in [6.45, 7) is 3.84. The lowest BCUT2D eigenvalue weighted by Gasteiger charge is -2.24. The van der Waals surface area contributed by atoms with Crippen LogP contribution in [0, 0.1) is 5.92 Å². The summed E-state index contributed by atoms with van der Waals surface area (Å²) in [6, 6.07) is 3.92. The molecule has 4 heteroatoms. The molecule has 92 valence electrons. The van der Waals surface area contributed by atoms with Crippen LogP contribution in [-0.4, -0.2) is 24.0 Å². The fourth-order valence-corrected chi connectivity index (χ4v) is 2.14. The summed E-state index contributed by atoms with van der Waals surface area (Å²) < 4.78 is 0. The molecule has 0 aliphatic carbocycles. The van der Waals surface area contributed by atoms with Gasteiger partial charge in [0.25, 0.3) is 0 Å². The number of nitrogens with zero attached hydrogens (tertiary/aromatic N) is 1. The molecule has 0 bridgehead atoms. The van der Waals surface area contributed by atoms with Crippen LogP contribution >= 0.6 is 0 Å². The summed E-state index contributed by atoms with van der Waals surface area (Å²) in [4.78, 5) is 16.0. The molecule has 1 saturated heterocycles. The standard InChI is InChI=1S/C13H19N3O/c1-10(11-4-7-14-8-5-11)16-13(17)12-3-2-6-15-9-12/h4-5,7-8,10,12,15H,2-3,6,9H2,1H3,(H,16,17)/t10-,12-/m0/s1. The van der Waals surface area contributed by atoms with Crippen LogP contribution in [0.15, 0.2) is 24.5 Å². The number of aromatic nitrogens is 1. The summed E-state index contributed by atoms with van der Waals surface area (Å²) in [6.07, 6.45) is 5.57. The smallest absolute Gasteiger partial charge is 0.224 e. The van der Waals surface area contributed by atoms with E-state index in [9.17, 15) is 4.79 Å². The molecule has 0 aromatic carbocycles. The van der Waals surface area contributed by atoms with Gasteiger partial charge in [0.2, 0.25) is 5.91 Å². The third-order valence-corrected chi connectivity index (χ3v) is 3.23. The number of nitrogens with one attached hydrogen (secondary N) is 2. The van der Waals surface area contributed by atoms with E-state index in [1.165, 1.54) is 0 Å². The molecule has 1 amide bonds. The monoisotopic (exact) mass is 233 g/mol. The summed E-state index contributed by atoms with van der Waals surface area (Å²) in [7, 11) is 0. The summed E-state index contributed by atoms with van der Waals surface area (Å²) in [5.41, 5.74) is 1.09. The zero-order chi connectivity index (χ0) is 12.1. The van der Waals surface area contributed by atoms with Gasteiger partial charge in [-0.05, 0) is 44.0 Å². The minimum absolute atomic E-state index is 0.0485. The van der Waals surface area contributed by atoms with E-state index < -0.39 is 0 Å². The first kappa shape index (κ1) is 12.0. The second-order valence-corrected chi connectivity index (χ2v) is 4.55. The maximum Gasteiger partial charge on any atom is 0.224 e. The highest BCUT2D eigenvalue weighted by atomic mass is 16.1. The van der Waals surface area contributed by atoms with E-state index in [0.29, 0.717) is 0 Å². The van der Waals surface area contributed by atoms with Crippen molar-refractivity contribution in [1.82, 2.24) is 15.6 Å². The van der Waals surface area contributed by atoms with Gasteiger partial charge in [0.1, 0.15) is 0 Å². The molecule has 2 N–H and O–H groups in total. The fraction of sp³-hybridized carbons (Fsp3) is 0.538. The van der Waals surface area contributed by atoms with Crippen molar-refractivity contribution in [3.63, 3.8) is 0 Å². The second-order valence-electron chi connectivity index (χ2n) is 4.55. The number of hydrogen-bond donors (Lipinski definition) is 2. The quantitative estimate of drug-likeness (QED) is 0.826. The number of rotatable bonds is 3. The Kier molecular flexibility index (Phi) is 4.09. The number of carbonyl (C=O) groups excluding carboxylic acids is 1. The van der Waals surface area contributed by atoms with Gasteiger partial charge in [-0.25, -0.2) is 0 Å². The van der Waals surface area contributed by atoms with Crippen molar-refractivity contribution in [3.8, 4) is 0 Å². The Bertz CT molecular complexity index is 360. The molecule has 2 heterocycles. The van der Waals surface area contributed by atoms with Gasteiger partial charge >= 0.3 is 0 Å². The van der Waals surface area contributed by atoms with Crippen molar-refractivity contribution >= 4 is 5.91 Å². The number of piperidine rings is 1. The molecule has 0 unspecified atom stereocenters. The molecule has 0 radical (unpaired) electrons. The summed E-state index contributed by atoms with van der Waals surface area (Å²) in [5.74, 6) is 0.273. The molecule has 1 aromatic heterocycles. The molecule has 1 aromatic rings. The minimum atomic E-state index is 0.0485. The maximum absolute atomic E-state index is 12.0. The lowest BCUT2D eigenvalue weighted by Crippen LogP contribution is -2.41. The van der Waals surface area contributed by atoms with Crippen molar-refractivity contribution in [2.45, 2.75) is 25.8 Å². The van der Waals surface area contributed by atoms with Crippen LogP contribution in [0.25, 0.3) is 0 Å². The van der Waals surface area contributed by atoms with Crippen LogP contribution in [0.4, 0.5) is 0 Å². The summed E-state index contributed by atoms with van der Waals surface area (Å²) in [5, 5.41) is 6.32. The predicted octanol–water partition coefficient (Wildman–Crippen LogP) is 1.26. The average molecular weight is 233 g/mol. The Balaban J connectivity index is 1.89. The van der Waals surface area contributed by atoms with Crippen molar-refractivity contribution in [2.24, 2.45) is 5.92 Å². The Labute approximate surface area is 102 Å². The third-order valence-electron chi connectivity index (χ3n) is 3.23. The Morgan fingerprint density at radius 2 is 2.29 bits per heavy atom. The first-order chi connectivity index (χ1) is 8.27. The zero-order valence-electron chi connectivity index (χ0n) is 10.1. The lowest BCUT2D eigenvalue weighted by atomic mass is 9.98. The molecule has 1 aliphatic heterocycles. The summed E-state index contributed by atoms with van der Waals surface area (Å²) >= 11 is 0. The molecule has 2 rings (SSSR count). The number of hydrogen-bond acceptors (Lipinski definition) is 3. The van der Waals surface area contributed by atoms with Gasteiger partial charge in [-0.3, -0.25) is 9.78 Å². The molecule has 2 atom stereocenters. The van der Waals surface area contributed by atoms with Crippen molar-refractivity contribution < 1.29 is 4.79 Å². The number of carbonyl (C=O) groups is 1.